The van der Waals surface area contributed by atoms with Crippen molar-refractivity contribution in [2.75, 3.05) is 24.2 Å². The minimum absolute atomic E-state index is 0.106. The number of rotatable bonds is 2. The summed E-state index contributed by atoms with van der Waals surface area (Å²) in [5, 5.41) is 0. The van der Waals surface area contributed by atoms with E-state index in [1.54, 1.807) is 11.8 Å². The minimum Gasteiger partial charge on any atom is -0.318 e. The van der Waals surface area contributed by atoms with E-state index in [1.165, 1.54) is 4.90 Å². The molecular formula is C14H20N2OS. The van der Waals surface area contributed by atoms with Crippen LogP contribution in [0.4, 0.5) is 10.5 Å². The Morgan fingerprint density at radius 2 is 1.72 bits per heavy atom. The number of carbonyl (C=O) groups excluding carboxylic acids is 1. The van der Waals surface area contributed by atoms with Crippen LogP contribution in [0.1, 0.15) is 20.8 Å². The molecule has 1 heterocycles. The molecule has 2 amide bonds. The van der Waals surface area contributed by atoms with E-state index in [1.807, 2.05) is 21.9 Å². The monoisotopic (exact) mass is 264 g/mol. The number of thioether (sulfide) groups is 1. The summed E-state index contributed by atoms with van der Waals surface area (Å²) in [6, 6.07) is 8.28. The molecule has 4 heteroatoms. The smallest absolute Gasteiger partial charge is 0.318 e. The van der Waals surface area contributed by atoms with Gasteiger partial charge in [0.2, 0.25) is 0 Å². The van der Waals surface area contributed by atoms with Gasteiger partial charge >= 0.3 is 6.03 Å². The molecule has 0 radical (unpaired) electrons. The Kier molecular flexibility index (Phi) is 3.57. The van der Waals surface area contributed by atoms with Gasteiger partial charge in [0.15, 0.2) is 0 Å². The van der Waals surface area contributed by atoms with Crippen LogP contribution in [0.2, 0.25) is 0 Å². The average Bonchev–Trinajstić information content (AvgIpc) is 2.71. The highest BCUT2D eigenvalue weighted by molar-refractivity contribution is 7.98. The molecule has 0 saturated carbocycles. The summed E-state index contributed by atoms with van der Waals surface area (Å²) in [5.41, 5.74) is 0.884. The molecule has 0 bridgehead atoms. The van der Waals surface area contributed by atoms with Crippen LogP contribution in [0, 0.1) is 0 Å². The van der Waals surface area contributed by atoms with Gasteiger partial charge in [-0.1, -0.05) is 0 Å². The molecule has 0 aromatic heterocycles. The Hall–Kier alpha value is -1.16. The highest BCUT2D eigenvalue weighted by atomic mass is 32.2. The molecule has 2 rings (SSSR count). The Morgan fingerprint density at radius 1 is 1.11 bits per heavy atom. The Bertz CT molecular complexity index is 436. The highest BCUT2D eigenvalue weighted by Crippen LogP contribution is 2.27. The number of urea groups is 1. The maximum atomic E-state index is 12.4. The van der Waals surface area contributed by atoms with E-state index in [0.717, 1.165) is 18.8 Å². The summed E-state index contributed by atoms with van der Waals surface area (Å²) in [6.07, 6.45) is 2.05. The fourth-order valence-electron chi connectivity index (χ4n) is 2.16. The van der Waals surface area contributed by atoms with Crippen molar-refractivity contribution in [2.24, 2.45) is 0 Å². The summed E-state index contributed by atoms with van der Waals surface area (Å²) in [5.74, 6) is 0. The number of amides is 2. The molecule has 98 valence electrons. The lowest BCUT2D eigenvalue weighted by molar-refractivity contribution is 0.173. The van der Waals surface area contributed by atoms with E-state index in [0.29, 0.717) is 0 Å². The zero-order chi connectivity index (χ0) is 13.3. The van der Waals surface area contributed by atoms with Crippen LogP contribution in [0.5, 0.6) is 0 Å². The van der Waals surface area contributed by atoms with Crippen molar-refractivity contribution in [3.63, 3.8) is 0 Å². The van der Waals surface area contributed by atoms with Crippen molar-refractivity contribution >= 4 is 23.5 Å². The molecule has 0 atom stereocenters. The van der Waals surface area contributed by atoms with Gasteiger partial charge in [0.1, 0.15) is 0 Å². The third-order valence-corrected chi connectivity index (χ3v) is 3.95. The van der Waals surface area contributed by atoms with E-state index in [9.17, 15) is 4.79 Å². The SMILES string of the molecule is CSc1ccc(N2CCN(C(C)(C)C)C2=O)cc1. The third kappa shape index (κ3) is 2.48. The lowest BCUT2D eigenvalue weighted by Crippen LogP contribution is -2.44. The van der Waals surface area contributed by atoms with Gasteiger partial charge in [-0.2, -0.15) is 0 Å². The molecule has 3 nitrogen and oxygen atoms in total. The molecule has 1 aromatic carbocycles. The van der Waals surface area contributed by atoms with Crippen LogP contribution in [0.25, 0.3) is 0 Å². The largest absolute Gasteiger partial charge is 0.325 e. The van der Waals surface area contributed by atoms with Crippen LogP contribution in [-0.2, 0) is 0 Å². The van der Waals surface area contributed by atoms with Gasteiger partial charge in [-0.3, -0.25) is 4.90 Å². The first kappa shape index (κ1) is 13.3. The van der Waals surface area contributed by atoms with Crippen molar-refractivity contribution in [1.82, 2.24) is 4.90 Å². The average molecular weight is 264 g/mol. The zero-order valence-electron chi connectivity index (χ0n) is 11.4. The first-order valence-corrected chi connectivity index (χ1v) is 7.39. The van der Waals surface area contributed by atoms with Crippen molar-refractivity contribution in [3.05, 3.63) is 24.3 Å². The Labute approximate surface area is 113 Å². The van der Waals surface area contributed by atoms with Gasteiger partial charge in [0, 0.05) is 29.2 Å². The van der Waals surface area contributed by atoms with Crippen molar-refractivity contribution in [3.8, 4) is 0 Å². The number of nitrogens with zero attached hydrogens (tertiary/aromatic N) is 2. The minimum atomic E-state index is -0.106. The van der Waals surface area contributed by atoms with Crippen molar-refractivity contribution < 1.29 is 4.79 Å². The molecule has 18 heavy (non-hydrogen) atoms. The summed E-state index contributed by atoms with van der Waals surface area (Å²) >= 11 is 1.71. The first-order valence-electron chi connectivity index (χ1n) is 6.16. The number of benzene rings is 1. The Balaban J connectivity index is 2.18. The topological polar surface area (TPSA) is 23.6 Å². The quantitative estimate of drug-likeness (QED) is 0.764. The fourth-order valence-corrected chi connectivity index (χ4v) is 2.57. The zero-order valence-corrected chi connectivity index (χ0v) is 12.3. The molecule has 1 fully saturated rings. The molecule has 0 unspecified atom stereocenters. The fraction of sp³-hybridized carbons (Fsp3) is 0.500. The van der Waals surface area contributed by atoms with Gasteiger partial charge in [0.25, 0.3) is 0 Å². The van der Waals surface area contributed by atoms with Crippen molar-refractivity contribution in [2.45, 2.75) is 31.2 Å². The molecule has 1 aromatic rings. The maximum Gasteiger partial charge on any atom is 0.325 e. The maximum absolute atomic E-state index is 12.4. The number of hydrogen-bond acceptors (Lipinski definition) is 2. The second-order valence-electron chi connectivity index (χ2n) is 5.45. The summed E-state index contributed by atoms with van der Waals surface area (Å²) < 4.78 is 0. The normalized spacial score (nSPS) is 16.6. The number of anilines is 1. The summed E-state index contributed by atoms with van der Waals surface area (Å²) in [6.45, 7) is 7.79. The first-order chi connectivity index (χ1) is 8.43. The molecule has 0 spiro atoms. The van der Waals surface area contributed by atoms with Crippen LogP contribution in [0.15, 0.2) is 29.2 Å². The van der Waals surface area contributed by atoms with Crippen molar-refractivity contribution in [1.29, 1.82) is 0 Å². The summed E-state index contributed by atoms with van der Waals surface area (Å²) in [7, 11) is 0. The molecule has 1 saturated heterocycles. The van der Waals surface area contributed by atoms with Gasteiger partial charge in [-0.15, -0.1) is 11.8 Å². The molecular weight excluding hydrogens is 244 g/mol. The van der Waals surface area contributed by atoms with Crippen LogP contribution in [-0.4, -0.2) is 35.8 Å². The second-order valence-corrected chi connectivity index (χ2v) is 6.33. The van der Waals surface area contributed by atoms with Gasteiger partial charge in [-0.25, -0.2) is 4.79 Å². The van der Waals surface area contributed by atoms with E-state index >= 15 is 0 Å². The second kappa shape index (κ2) is 4.84. The number of carbonyl (C=O) groups is 1. The Morgan fingerprint density at radius 3 is 2.17 bits per heavy atom. The van der Waals surface area contributed by atoms with E-state index in [4.69, 9.17) is 0 Å². The van der Waals surface area contributed by atoms with Gasteiger partial charge < -0.3 is 4.90 Å². The summed E-state index contributed by atoms with van der Waals surface area (Å²) in [4.78, 5) is 17.4. The predicted octanol–water partition coefficient (Wildman–Crippen LogP) is 3.45. The van der Waals surface area contributed by atoms with Crippen LogP contribution >= 0.6 is 11.8 Å². The third-order valence-electron chi connectivity index (χ3n) is 3.20. The van der Waals surface area contributed by atoms with E-state index < -0.39 is 0 Å². The van der Waals surface area contributed by atoms with E-state index in [2.05, 4.69) is 39.2 Å². The predicted molar refractivity (Wildman–Crippen MR) is 77.4 cm³/mol. The lowest BCUT2D eigenvalue weighted by atomic mass is 10.1. The van der Waals surface area contributed by atoms with Crippen LogP contribution < -0.4 is 4.90 Å². The van der Waals surface area contributed by atoms with Crippen LogP contribution in [0.3, 0.4) is 0 Å². The standard InChI is InChI=1S/C14H20N2OS/c1-14(2,3)16-10-9-15(13(16)17)11-5-7-12(18-4)8-6-11/h5-8H,9-10H2,1-4H3. The van der Waals surface area contributed by atoms with E-state index in [-0.39, 0.29) is 11.6 Å². The molecule has 0 aliphatic carbocycles. The van der Waals surface area contributed by atoms with Gasteiger partial charge in [-0.05, 0) is 51.3 Å². The number of hydrogen-bond donors (Lipinski definition) is 0. The highest BCUT2D eigenvalue weighted by Gasteiger charge is 2.36. The lowest BCUT2D eigenvalue weighted by Gasteiger charge is -2.31. The molecule has 1 aliphatic rings. The molecule has 0 N–H and O–H groups in total. The molecule has 1 aliphatic heterocycles. The van der Waals surface area contributed by atoms with Gasteiger partial charge in [0.05, 0.1) is 0 Å².